The van der Waals surface area contributed by atoms with Crippen molar-refractivity contribution in [1.29, 1.82) is 0 Å². The van der Waals surface area contributed by atoms with Crippen LogP contribution in [0, 0.1) is 0 Å². The van der Waals surface area contributed by atoms with Gasteiger partial charge >= 0.3 is 6.03 Å². The van der Waals surface area contributed by atoms with Crippen LogP contribution in [0.5, 0.6) is 0 Å². The van der Waals surface area contributed by atoms with Gasteiger partial charge in [-0.3, -0.25) is 10.7 Å². The molecule has 0 saturated carbocycles. The molecule has 0 aliphatic carbocycles. The summed E-state index contributed by atoms with van der Waals surface area (Å²) in [5, 5.41) is 1.92. The van der Waals surface area contributed by atoms with Gasteiger partial charge in [0.1, 0.15) is 0 Å². The maximum Gasteiger partial charge on any atom is 0.335 e. The van der Waals surface area contributed by atoms with E-state index in [0.717, 1.165) is 0 Å². The molecule has 0 aromatic heterocycles. The van der Waals surface area contributed by atoms with Crippen molar-refractivity contribution in [2.45, 2.75) is 0 Å². The molecule has 0 aromatic carbocycles. The molecule has 2 amide bonds. The average molecular weight is 134 g/mol. The SMILES string of the molecule is NNC(=O)NC(N)=S. The summed E-state index contributed by atoms with van der Waals surface area (Å²) in [6, 6.07) is -0.613. The predicted molar refractivity (Wildman–Crippen MR) is 32.6 cm³/mol. The van der Waals surface area contributed by atoms with Crippen molar-refractivity contribution in [3.63, 3.8) is 0 Å². The molecule has 0 bridgehead atoms. The van der Waals surface area contributed by atoms with Gasteiger partial charge in [-0.25, -0.2) is 10.6 Å². The van der Waals surface area contributed by atoms with Gasteiger partial charge in [0, 0.05) is 0 Å². The molecule has 0 atom stereocenters. The quantitative estimate of drug-likeness (QED) is 0.139. The minimum Gasteiger partial charge on any atom is -0.376 e. The summed E-state index contributed by atoms with van der Waals surface area (Å²) in [6.45, 7) is 0. The Labute approximate surface area is 51.4 Å². The largest absolute Gasteiger partial charge is 0.376 e. The molecule has 5 nitrogen and oxygen atoms in total. The minimum atomic E-state index is -0.613. The first kappa shape index (κ1) is 7.12. The Bertz CT molecular complexity index is 113. The summed E-state index contributed by atoms with van der Waals surface area (Å²) in [6.07, 6.45) is 0. The van der Waals surface area contributed by atoms with E-state index in [1.54, 1.807) is 5.43 Å². The molecule has 6 N–H and O–H groups in total. The topological polar surface area (TPSA) is 93.2 Å². The number of nitrogens with one attached hydrogen (secondary N) is 2. The highest BCUT2D eigenvalue weighted by atomic mass is 32.1. The predicted octanol–water partition coefficient (Wildman–Crippen LogP) is -1.60. The fourth-order valence-electron chi connectivity index (χ4n) is 0.148. The first-order chi connectivity index (χ1) is 3.66. The number of rotatable bonds is 0. The third kappa shape index (κ3) is 3.32. The summed E-state index contributed by atoms with van der Waals surface area (Å²) >= 11 is 4.29. The highest BCUT2D eigenvalue weighted by Crippen LogP contribution is 1.57. The summed E-state index contributed by atoms with van der Waals surface area (Å²) in [4.78, 5) is 10.1. The Hall–Kier alpha value is -0.880. The van der Waals surface area contributed by atoms with Crippen LogP contribution < -0.4 is 22.3 Å². The van der Waals surface area contributed by atoms with Gasteiger partial charge in [-0.05, 0) is 12.2 Å². The summed E-state index contributed by atoms with van der Waals surface area (Å²) < 4.78 is 0. The zero-order chi connectivity index (χ0) is 6.57. The van der Waals surface area contributed by atoms with Crippen LogP contribution in [0.4, 0.5) is 4.79 Å². The number of carbonyl (C=O) groups excluding carboxylic acids is 1. The third-order valence-electron chi connectivity index (χ3n) is 0.368. The molecule has 46 valence electrons. The molecule has 0 aliphatic rings. The van der Waals surface area contributed by atoms with Crippen LogP contribution in [0.3, 0.4) is 0 Å². The number of nitrogens with two attached hydrogens (primary N) is 2. The highest BCUT2D eigenvalue weighted by Gasteiger charge is 1.93. The van der Waals surface area contributed by atoms with Gasteiger partial charge < -0.3 is 5.73 Å². The molecular formula is C2H6N4OS. The molecule has 0 saturated heterocycles. The molecule has 8 heavy (non-hydrogen) atoms. The first-order valence-corrected chi connectivity index (χ1v) is 2.14. The van der Waals surface area contributed by atoms with E-state index in [0.29, 0.717) is 0 Å². The fourth-order valence-corrected chi connectivity index (χ4v) is 0.241. The highest BCUT2D eigenvalue weighted by molar-refractivity contribution is 7.80. The van der Waals surface area contributed by atoms with Gasteiger partial charge in [0.15, 0.2) is 5.11 Å². The van der Waals surface area contributed by atoms with Gasteiger partial charge in [-0.15, -0.1) is 0 Å². The lowest BCUT2D eigenvalue weighted by molar-refractivity contribution is 0.245. The standard InChI is InChI=1S/C2H6N4OS/c3-1(8)5-2(7)6-4/h4H2,(H4,3,5,6,7,8). The molecule has 0 aromatic rings. The molecule has 0 spiro atoms. The number of hydrazine groups is 1. The normalized spacial score (nSPS) is 7.62. The van der Waals surface area contributed by atoms with Crippen LogP contribution in [-0.2, 0) is 0 Å². The van der Waals surface area contributed by atoms with Crippen molar-refractivity contribution in [2.24, 2.45) is 11.6 Å². The second kappa shape index (κ2) is 3.16. The van der Waals surface area contributed by atoms with E-state index in [4.69, 9.17) is 5.73 Å². The smallest absolute Gasteiger partial charge is 0.335 e. The number of hydrogen-bond acceptors (Lipinski definition) is 3. The minimum absolute atomic E-state index is 0.104. The Morgan fingerprint density at radius 1 is 1.62 bits per heavy atom. The number of hydrogen-bond donors (Lipinski definition) is 4. The van der Waals surface area contributed by atoms with Crippen molar-refractivity contribution in [3.8, 4) is 0 Å². The second-order valence-corrected chi connectivity index (χ2v) is 1.40. The maximum atomic E-state index is 10.1. The van der Waals surface area contributed by atoms with Crippen LogP contribution in [-0.4, -0.2) is 11.1 Å². The van der Waals surface area contributed by atoms with Crippen molar-refractivity contribution in [1.82, 2.24) is 10.7 Å². The Morgan fingerprint density at radius 2 is 2.12 bits per heavy atom. The second-order valence-electron chi connectivity index (χ2n) is 0.963. The van der Waals surface area contributed by atoms with Crippen molar-refractivity contribution in [2.75, 3.05) is 0 Å². The van der Waals surface area contributed by atoms with Gasteiger partial charge in [0.2, 0.25) is 0 Å². The van der Waals surface area contributed by atoms with E-state index in [-0.39, 0.29) is 5.11 Å². The van der Waals surface area contributed by atoms with E-state index >= 15 is 0 Å². The third-order valence-corrected chi connectivity index (χ3v) is 0.470. The van der Waals surface area contributed by atoms with E-state index < -0.39 is 6.03 Å². The monoisotopic (exact) mass is 134 g/mol. The Morgan fingerprint density at radius 3 is 2.25 bits per heavy atom. The number of urea groups is 1. The van der Waals surface area contributed by atoms with E-state index in [1.807, 2.05) is 5.32 Å². The van der Waals surface area contributed by atoms with Crippen LogP contribution in [0.15, 0.2) is 0 Å². The lowest BCUT2D eigenvalue weighted by atomic mass is 10.9. The van der Waals surface area contributed by atoms with Gasteiger partial charge in [-0.1, -0.05) is 0 Å². The van der Waals surface area contributed by atoms with Gasteiger partial charge in [0.05, 0.1) is 0 Å². The average Bonchev–Trinajstić information content (AvgIpc) is 1.65. The summed E-state index contributed by atoms with van der Waals surface area (Å²) in [5.41, 5.74) is 6.65. The summed E-state index contributed by atoms with van der Waals surface area (Å²) in [5.74, 6) is 4.64. The van der Waals surface area contributed by atoms with Crippen LogP contribution >= 0.6 is 12.2 Å². The first-order valence-electron chi connectivity index (χ1n) is 1.74. The lowest BCUT2D eigenvalue weighted by Gasteiger charge is -1.97. The maximum absolute atomic E-state index is 10.1. The molecule has 6 heteroatoms. The van der Waals surface area contributed by atoms with E-state index in [2.05, 4.69) is 18.1 Å². The zero-order valence-corrected chi connectivity index (χ0v) is 4.79. The Kier molecular flexibility index (Phi) is 2.82. The summed E-state index contributed by atoms with van der Waals surface area (Å²) in [7, 11) is 0. The van der Waals surface area contributed by atoms with Crippen molar-refractivity contribution in [3.05, 3.63) is 0 Å². The number of thiocarbonyl (C=S) groups is 1. The van der Waals surface area contributed by atoms with Crippen molar-refractivity contribution >= 4 is 23.4 Å². The van der Waals surface area contributed by atoms with Crippen LogP contribution in [0.2, 0.25) is 0 Å². The molecule has 0 aliphatic heterocycles. The number of amides is 2. The molecule has 0 heterocycles. The molecular weight excluding hydrogens is 128 g/mol. The van der Waals surface area contributed by atoms with Crippen LogP contribution in [0.25, 0.3) is 0 Å². The zero-order valence-electron chi connectivity index (χ0n) is 3.97. The number of carbonyl (C=O) groups is 1. The molecule has 0 unspecified atom stereocenters. The van der Waals surface area contributed by atoms with Gasteiger partial charge in [-0.2, -0.15) is 0 Å². The fraction of sp³-hybridized carbons (Fsp3) is 0. The van der Waals surface area contributed by atoms with Crippen LogP contribution in [0.1, 0.15) is 0 Å². The molecule has 0 fully saturated rings. The molecule has 0 radical (unpaired) electrons. The lowest BCUT2D eigenvalue weighted by Crippen LogP contribution is -2.44. The van der Waals surface area contributed by atoms with Gasteiger partial charge in [0.25, 0.3) is 0 Å². The van der Waals surface area contributed by atoms with E-state index in [1.165, 1.54) is 0 Å². The van der Waals surface area contributed by atoms with Crippen molar-refractivity contribution < 1.29 is 4.79 Å². The Balaban J connectivity index is 3.40. The molecule has 0 rings (SSSR count). The van der Waals surface area contributed by atoms with E-state index in [9.17, 15) is 4.79 Å².